The summed E-state index contributed by atoms with van der Waals surface area (Å²) in [7, 11) is -3.47. The number of rotatable bonds is 8. The van der Waals surface area contributed by atoms with E-state index in [4.69, 9.17) is 0 Å². The van der Waals surface area contributed by atoms with Crippen molar-refractivity contribution in [3.05, 3.63) is 29.8 Å². The van der Waals surface area contributed by atoms with E-state index in [9.17, 15) is 13.2 Å². The highest BCUT2D eigenvalue weighted by atomic mass is 35.5. The van der Waals surface area contributed by atoms with Gasteiger partial charge in [-0.25, -0.2) is 8.42 Å². The van der Waals surface area contributed by atoms with Gasteiger partial charge in [-0.15, -0.1) is 12.4 Å². The van der Waals surface area contributed by atoms with Gasteiger partial charge in [0, 0.05) is 31.1 Å². The minimum atomic E-state index is -3.47. The predicted molar refractivity (Wildman–Crippen MR) is 108 cm³/mol. The number of sulfonamides is 1. The molecule has 3 N–H and O–H groups in total. The van der Waals surface area contributed by atoms with E-state index in [2.05, 4.69) is 20.3 Å². The minimum Gasteiger partial charge on any atom is -0.355 e. The first kappa shape index (κ1) is 21.7. The molecule has 1 aromatic carbocycles. The van der Waals surface area contributed by atoms with Crippen molar-refractivity contribution in [2.75, 3.05) is 19.6 Å². The minimum absolute atomic E-state index is 0. The summed E-state index contributed by atoms with van der Waals surface area (Å²) in [6.45, 7) is 2.30. The molecule has 1 fully saturated rings. The van der Waals surface area contributed by atoms with Crippen molar-refractivity contribution in [1.82, 2.24) is 15.4 Å². The van der Waals surface area contributed by atoms with Gasteiger partial charge >= 0.3 is 0 Å². The molecule has 2 heterocycles. The number of halogens is 1. The van der Waals surface area contributed by atoms with Gasteiger partial charge in [-0.1, -0.05) is 18.6 Å². The smallest absolute Gasteiger partial charge is 0.263 e. The Kier molecular flexibility index (Phi) is 8.07. The number of carbonyl (C=O) groups is 1. The number of benzene rings is 1. The lowest BCUT2D eigenvalue weighted by Gasteiger charge is -2.11. The highest BCUT2D eigenvalue weighted by Crippen LogP contribution is 2.22. The molecular formula is C18H27ClN4O3S. The van der Waals surface area contributed by atoms with Gasteiger partial charge in [0.15, 0.2) is 0 Å². The SMILES string of the molecule is Cl.O=C(CCCCCN=C1NS(=O)(=O)c2ccccc21)NCC1CCCN1. The molecule has 27 heavy (non-hydrogen) atoms. The Balaban J connectivity index is 0.00000261. The maximum Gasteiger partial charge on any atom is 0.263 e. The molecule has 1 amide bonds. The molecule has 0 aliphatic carbocycles. The van der Waals surface area contributed by atoms with Crippen molar-refractivity contribution in [2.24, 2.45) is 4.99 Å². The van der Waals surface area contributed by atoms with Crippen molar-refractivity contribution in [3.63, 3.8) is 0 Å². The van der Waals surface area contributed by atoms with Crippen LogP contribution >= 0.6 is 12.4 Å². The molecule has 1 saturated heterocycles. The van der Waals surface area contributed by atoms with E-state index in [-0.39, 0.29) is 23.2 Å². The molecular weight excluding hydrogens is 388 g/mol. The number of amides is 1. The van der Waals surface area contributed by atoms with E-state index in [1.54, 1.807) is 24.3 Å². The van der Waals surface area contributed by atoms with E-state index in [0.29, 0.717) is 37.0 Å². The number of fused-ring (bicyclic) bond motifs is 1. The van der Waals surface area contributed by atoms with Gasteiger partial charge in [0.05, 0.1) is 4.90 Å². The molecule has 0 radical (unpaired) electrons. The number of hydrogen-bond donors (Lipinski definition) is 3. The van der Waals surface area contributed by atoms with Gasteiger partial charge in [-0.05, 0) is 44.4 Å². The monoisotopic (exact) mass is 414 g/mol. The average molecular weight is 415 g/mol. The normalized spacial score (nSPS) is 21.3. The maximum atomic E-state index is 12.0. The molecule has 9 heteroatoms. The molecule has 3 rings (SSSR count). The van der Waals surface area contributed by atoms with Crippen LogP contribution in [0.4, 0.5) is 0 Å². The summed E-state index contributed by atoms with van der Waals surface area (Å²) in [4.78, 5) is 16.5. The second-order valence-electron chi connectivity index (χ2n) is 6.74. The van der Waals surface area contributed by atoms with Crippen LogP contribution in [0.15, 0.2) is 34.2 Å². The first-order valence-electron chi connectivity index (χ1n) is 9.23. The van der Waals surface area contributed by atoms with Crippen molar-refractivity contribution in [2.45, 2.75) is 49.5 Å². The molecule has 1 unspecified atom stereocenters. The molecule has 1 aromatic rings. The van der Waals surface area contributed by atoms with Crippen LogP contribution in [0.25, 0.3) is 0 Å². The molecule has 150 valence electrons. The molecule has 0 bridgehead atoms. The Bertz CT molecular complexity index is 777. The molecule has 1 atom stereocenters. The zero-order valence-electron chi connectivity index (χ0n) is 15.2. The lowest BCUT2D eigenvalue weighted by molar-refractivity contribution is -0.121. The van der Waals surface area contributed by atoms with Crippen molar-refractivity contribution < 1.29 is 13.2 Å². The number of nitrogens with zero attached hydrogens (tertiary/aromatic N) is 1. The van der Waals surface area contributed by atoms with Crippen LogP contribution in [0.2, 0.25) is 0 Å². The zero-order valence-corrected chi connectivity index (χ0v) is 16.9. The number of nitrogens with one attached hydrogen (secondary N) is 3. The van der Waals surface area contributed by atoms with Crippen LogP contribution in [0, 0.1) is 0 Å². The molecule has 2 aliphatic heterocycles. The first-order valence-corrected chi connectivity index (χ1v) is 10.7. The maximum absolute atomic E-state index is 12.0. The Labute approximate surface area is 166 Å². The second-order valence-corrected chi connectivity index (χ2v) is 8.39. The van der Waals surface area contributed by atoms with E-state index < -0.39 is 10.0 Å². The van der Waals surface area contributed by atoms with Crippen LogP contribution in [-0.2, 0) is 14.8 Å². The number of unbranched alkanes of at least 4 members (excludes halogenated alkanes) is 2. The second kappa shape index (κ2) is 10.1. The van der Waals surface area contributed by atoms with E-state index >= 15 is 0 Å². The Morgan fingerprint density at radius 2 is 2.04 bits per heavy atom. The summed E-state index contributed by atoms with van der Waals surface area (Å²) in [5.74, 6) is 0.518. The number of amidine groups is 1. The third-order valence-electron chi connectivity index (χ3n) is 4.70. The van der Waals surface area contributed by atoms with Gasteiger partial charge in [0.2, 0.25) is 5.91 Å². The Hall–Kier alpha value is -1.64. The fraction of sp³-hybridized carbons (Fsp3) is 0.556. The molecule has 7 nitrogen and oxygen atoms in total. The number of carbonyl (C=O) groups excluding carboxylic acids is 1. The lowest BCUT2D eigenvalue weighted by atomic mass is 10.1. The van der Waals surface area contributed by atoms with E-state index in [0.717, 1.165) is 32.2 Å². The Morgan fingerprint density at radius 3 is 2.81 bits per heavy atom. The van der Waals surface area contributed by atoms with Gasteiger partial charge in [-0.3, -0.25) is 14.5 Å². The van der Waals surface area contributed by atoms with E-state index in [1.165, 1.54) is 6.42 Å². The molecule has 0 saturated carbocycles. The predicted octanol–water partition coefficient (Wildman–Crippen LogP) is 1.58. The molecule has 0 aromatic heterocycles. The number of aliphatic imine (C=N–C) groups is 1. The third-order valence-corrected chi connectivity index (χ3v) is 6.10. The fourth-order valence-corrected chi connectivity index (χ4v) is 4.52. The van der Waals surface area contributed by atoms with Crippen LogP contribution in [0.5, 0.6) is 0 Å². The van der Waals surface area contributed by atoms with Crippen molar-refractivity contribution in [1.29, 1.82) is 0 Å². The third kappa shape index (κ3) is 5.92. The van der Waals surface area contributed by atoms with Gasteiger partial charge in [-0.2, -0.15) is 0 Å². The topological polar surface area (TPSA) is 99.7 Å². The van der Waals surface area contributed by atoms with Crippen LogP contribution in [0.3, 0.4) is 0 Å². The summed E-state index contributed by atoms with van der Waals surface area (Å²) in [5, 5.41) is 6.33. The standard InChI is InChI=1S/C18H26N4O3S.ClH/c23-17(21-13-14-7-6-12-19-14)10-2-1-5-11-20-18-15-8-3-4-9-16(15)26(24,25)22-18;/h3-4,8-9,14,19H,1-2,5-7,10-13H2,(H,20,22)(H,21,23);1H. The average Bonchev–Trinajstić information content (AvgIpc) is 3.23. The van der Waals surface area contributed by atoms with Crippen LogP contribution in [-0.4, -0.2) is 45.8 Å². The quantitative estimate of drug-likeness (QED) is 0.562. The first-order chi connectivity index (χ1) is 12.6. The van der Waals surface area contributed by atoms with Crippen molar-refractivity contribution >= 4 is 34.2 Å². The summed E-state index contributed by atoms with van der Waals surface area (Å²) >= 11 is 0. The summed E-state index contributed by atoms with van der Waals surface area (Å²) < 4.78 is 26.5. The fourth-order valence-electron chi connectivity index (χ4n) is 3.27. The summed E-state index contributed by atoms with van der Waals surface area (Å²) in [6.07, 6.45) is 5.37. The largest absolute Gasteiger partial charge is 0.355 e. The summed E-state index contributed by atoms with van der Waals surface area (Å²) in [5.41, 5.74) is 0.632. The van der Waals surface area contributed by atoms with Gasteiger partial charge in [0.1, 0.15) is 5.84 Å². The van der Waals surface area contributed by atoms with E-state index in [1.807, 2.05) is 0 Å². The van der Waals surface area contributed by atoms with Gasteiger partial charge < -0.3 is 10.6 Å². The van der Waals surface area contributed by atoms with Crippen molar-refractivity contribution in [3.8, 4) is 0 Å². The highest BCUT2D eigenvalue weighted by molar-refractivity contribution is 7.90. The zero-order chi connectivity index (χ0) is 18.4. The number of hydrogen-bond acceptors (Lipinski definition) is 5. The summed E-state index contributed by atoms with van der Waals surface area (Å²) in [6, 6.07) is 7.27. The van der Waals surface area contributed by atoms with Gasteiger partial charge in [0.25, 0.3) is 10.0 Å². The Morgan fingerprint density at radius 1 is 1.22 bits per heavy atom. The lowest BCUT2D eigenvalue weighted by Crippen LogP contribution is -2.37. The highest BCUT2D eigenvalue weighted by Gasteiger charge is 2.29. The molecule has 0 spiro atoms. The van der Waals surface area contributed by atoms with Crippen LogP contribution < -0.4 is 15.4 Å². The molecule has 2 aliphatic rings. The van der Waals surface area contributed by atoms with Crippen LogP contribution in [0.1, 0.15) is 44.1 Å².